The van der Waals surface area contributed by atoms with Crippen LogP contribution < -0.4 is 5.32 Å². The van der Waals surface area contributed by atoms with E-state index in [4.69, 9.17) is 4.52 Å². The number of likely N-dealkylation sites (tertiary alicyclic amines) is 1. The van der Waals surface area contributed by atoms with Crippen molar-refractivity contribution >= 4 is 11.7 Å². The Morgan fingerprint density at radius 1 is 1.32 bits per heavy atom. The molecule has 3 aromatic rings. The SMILES string of the molecule is Cc1ccccc1NC(=O)N1CCCC(Cc2nc(-c3cnccn3)no2)C1. The van der Waals surface area contributed by atoms with Gasteiger partial charge in [-0.25, -0.2) is 9.78 Å². The molecule has 2 aromatic heterocycles. The van der Waals surface area contributed by atoms with Crippen molar-refractivity contribution in [2.24, 2.45) is 5.92 Å². The smallest absolute Gasteiger partial charge is 0.321 e. The number of nitrogens with zero attached hydrogens (tertiary/aromatic N) is 5. The maximum absolute atomic E-state index is 12.7. The fourth-order valence-corrected chi connectivity index (χ4v) is 3.43. The maximum Gasteiger partial charge on any atom is 0.321 e. The van der Waals surface area contributed by atoms with Crippen molar-refractivity contribution in [1.82, 2.24) is 25.0 Å². The maximum atomic E-state index is 12.7. The van der Waals surface area contributed by atoms with Crippen LogP contribution >= 0.6 is 0 Å². The van der Waals surface area contributed by atoms with E-state index in [1.54, 1.807) is 18.6 Å². The van der Waals surface area contributed by atoms with E-state index in [1.807, 2.05) is 36.1 Å². The molecule has 1 N–H and O–H groups in total. The summed E-state index contributed by atoms with van der Waals surface area (Å²) in [5.74, 6) is 1.28. The van der Waals surface area contributed by atoms with Gasteiger partial charge in [-0.3, -0.25) is 4.98 Å². The quantitative estimate of drug-likeness (QED) is 0.748. The Morgan fingerprint density at radius 3 is 3.04 bits per heavy atom. The number of nitrogens with one attached hydrogen (secondary N) is 1. The molecule has 3 heterocycles. The first kappa shape index (κ1) is 18.1. The molecule has 0 spiro atoms. The summed E-state index contributed by atoms with van der Waals surface area (Å²) in [5.41, 5.74) is 2.48. The molecule has 1 unspecified atom stereocenters. The van der Waals surface area contributed by atoms with Crippen LogP contribution in [0.4, 0.5) is 10.5 Å². The topological polar surface area (TPSA) is 97.0 Å². The Hall–Kier alpha value is -3.29. The summed E-state index contributed by atoms with van der Waals surface area (Å²) in [6.07, 6.45) is 7.42. The van der Waals surface area contributed by atoms with Gasteiger partial charge in [-0.1, -0.05) is 23.4 Å². The molecule has 1 aliphatic heterocycles. The largest absolute Gasteiger partial charge is 0.339 e. The number of piperidine rings is 1. The van der Waals surface area contributed by atoms with Crippen molar-refractivity contribution in [2.45, 2.75) is 26.2 Å². The number of urea groups is 1. The first-order valence-corrected chi connectivity index (χ1v) is 9.39. The van der Waals surface area contributed by atoms with Crippen LogP contribution in [0.15, 0.2) is 47.4 Å². The second-order valence-electron chi connectivity index (χ2n) is 7.01. The van der Waals surface area contributed by atoms with Gasteiger partial charge in [-0.2, -0.15) is 4.98 Å². The molecule has 0 bridgehead atoms. The van der Waals surface area contributed by atoms with Crippen LogP contribution in [0, 0.1) is 12.8 Å². The standard InChI is InChI=1S/C20H22N6O2/c1-14-5-2-3-7-16(14)23-20(27)26-10-4-6-15(13-26)11-18-24-19(25-28-18)17-12-21-8-9-22-17/h2-3,5,7-9,12,15H,4,6,10-11,13H2,1H3,(H,23,27). The minimum Gasteiger partial charge on any atom is -0.339 e. The Kier molecular flexibility index (Phi) is 5.27. The third kappa shape index (κ3) is 4.16. The predicted molar refractivity (Wildman–Crippen MR) is 104 cm³/mol. The van der Waals surface area contributed by atoms with Crippen LogP contribution in [0.1, 0.15) is 24.3 Å². The lowest BCUT2D eigenvalue weighted by atomic mass is 9.95. The lowest BCUT2D eigenvalue weighted by Crippen LogP contribution is -2.42. The van der Waals surface area contributed by atoms with Gasteiger partial charge in [0, 0.05) is 37.6 Å². The van der Waals surface area contributed by atoms with Gasteiger partial charge in [0.15, 0.2) is 0 Å². The zero-order valence-corrected chi connectivity index (χ0v) is 15.7. The Morgan fingerprint density at radius 2 is 2.21 bits per heavy atom. The number of rotatable bonds is 4. The molecule has 1 fully saturated rings. The fourth-order valence-electron chi connectivity index (χ4n) is 3.43. The molecule has 1 saturated heterocycles. The molecule has 0 aliphatic carbocycles. The van der Waals surface area contributed by atoms with Crippen molar-refractivity contribution in [3.05, 3.63) is 54.3 Å². The molecule has 28 heavy (non-hydrogen) atoms. The number of para-hydroxylation sites is 1. The van der Waals surface area contributed by atoms with Crippen molar-refractivity contribution in [3.8, 4) is 11.5 Å². The van der Waals surface area contributed by atoms with Gasteiger partial charge in [0.2, 0.25) is 11.7 Å². The first-order valence-electron chi connectivity index (χ1n) is 9.39. The lowest BCUT2D eigenvalue weighted by Gasteiger charge is -2.32. The molecule has 144 valence electrons. The second kappa shape index (κ2) is 8.16. The highest BCUT2D eigenvalue weighted by atomic mass is 16.5. The van der Waals surface area contributed by atoms with Gasteiger partial charge in [-0.15, -0.1) is 0 Å². The first-order chi connectivity index (χ1) is 13.7. The molecule has 0 radical (unpaired) electrons. The van der Waals surface area contributed by atoms with Gasteiger partial charge in [-0.05, 0) is 37.3 Å². The van der Waals surface area contributed by atoms with Crippen molar-refractivity contribution < 1.29 is 9.32 Å². The van der Waals surface area contributed by atoms with E-state index >= 15 is 0 Å². The molecular weight excluding hydrogens is 356 g/mol. The average molecular weight is 378 g/mol. The highest BCUT2D eigenvalue weighted by Crippen LogP contribution is 2.23. The van der Waals surface area contributed by atoms with Gasteiger partial charge >= 0.3 is 6.03 Å². The van der Waals surface area contributed by atoms with Gasteiger partial charge in [0.1, 0.15) is 5.69 Å². The summed E-state index contributed by atoms with van der Waals surface area (Å²) in [7, 11) is 0. The third-order valence-electron chi connectivity index (χ3n) is 4.92. The Bertz CT molecular complexity index is 943. The van der Waals surface area contributed by atoms with E-state index in [0.29, 0.717) is 30.4 Å². The third-order valence-corrected chi connectivity index (χ3v) is 4.92. The van der Waals surface area contributed by atoms with E-state index in [0.717, 1.165) is 30.6 Å². The van der Waals surface area contributed by atoms with E-state index in [9.17, 15) is 4.79 Å². The normalized spacial score (nSPS) is 16.8. The van der Waals surface area contributed by atoms with E-state index in [-0.39, 0.29) is 11.9 Å². The number of anilines is 1. The van der Waals surface area contributed by atoms with Crippen LogP contribution in [0.25, 0.3) is 11.5 Å². The summed E-state index contributed by atoms with van der Waals surface area (Å²) in [6, 6.07) is 7.72. The lowest BCUT2D eigenvalue weighted by molar-refractivity contribution is 0.173. The summed E-state index contributed by atoms with van der Waals surface area (Å²) in [5, 5.41) is 7.00. The highest BCUT2D eigenvalue weighted by molar-refractivity contribution is 5.90. The van der Waals surface area contributed by atoms with Crippen molar-refractivity contribution in [3.63, 3.8) is 0 Å². The minimum absolute atomic E-state index is 0.0650. The number of aromatic nitrogens is 4. The highest BCUT2D eigenvalue weighted by Gasteiger charge is 2.26. The zero-order chi connectivity index (χ0) is 19.3. The number of aryl methyl sites for hydroxylation is 1. The van der Waals surface area contributed by atoms with Crippen molar-refractivity contribution in [1.29, 1.82) is 0 Å². The molecule has 8 nitrogen and oxygen atoms in total. The predicted octanol–water partition coefficient (Wildman–Crippen LogP) is 3.32. The number of amides is 2. The second-order valence-corrected chi connectivity index (χ2v) is 7.01. The summed E-state index contributed by atoms with van der Waals surface area (Å²) >= 11 is 0. The van der Waals surface area contributed by atoms with E-state index < -0.39 is 0 Å². The molecule has 0 saturated carbocycles. The van der Waals surface area contributed by atoms with E-state index in [2.05, 4.69) is 25.4 Å². The van der Waals surface area contributed by atoms with Crippen LogP contribution in [-0.4, -0.2) is 44.1 Å². The zero-order valence-electron chi connectivity index (χ0n) is 15.7. The summed E-state index contributed by atoms with van der Waals surface area (Å²) in [6.45, 7) is 3.41. The molecule has 1 atom stereocenters. The number of carbonyl (C=O) groups is 1. The average Bonchev–Trinajstić information content (AvgIpc) is 3.19. The molecule has 1 aromatic carbocycles. The van der Waals surface area contributed by atoms with Crippen molar-refractivity contribution in [2.75, 3.05) is 18.4 Å². The van der Waals surface area contributed by atoms with Gasteiger partial charge in [0.05, 0.1) is 6.20 Å². The van der Waals surface area contributed by atoms with Crippen LogP contribution in [0.5, 0.6) is 0 Å². The van der Waals surface area contributed by atoms with Crippen LogP contribution in [-0.2, 0) is 6.42 Å². The van der Waals surface area contributed by atoms with Crippen LogP contribution in [0.3, 0.4) is 0 Å². The molecule has 8 heteroatoms. The van der Waals surface area contributed by atoms with Gasteiger partial charge < -0.3 is 14.7 Å². The Labute approximate surface area is 163 Å². The molecule has 2 amide bonds. The summed E-state index contributed by atoms with van der Waals surface area (Å²) < 4.78 is 5.38. The molecular formula is C20H22N6O2. The number of benzene rings is 1. The number of hydrogen-bond acceptors (Lipinski definition) is 6. The monoisotopic (exact) mass is 378 g/mol. The molecule has 4 rings (SSSR count). The van der Waals surface area contributed by atoms with E-state index in [1.165, 1.54) is 0 Å². The summed E-state index contributed by atoms with van der Waals surface area (Å²) in [4.78, 5) is 27.1. The van der Waals surface area contributed by atoms with Gasteiger partial charge in [0.25, 0.3) is 0 Å². The number of hydrogen-bond donors (Lipinski definition) is 1. The Balaban J connectivity index is 1.37. The molecule has 1 aliphatic rings. The fraction of sp³-hybridized carbons (Fsp3) is 0.350. The minimum atomic E-state index is -0.0650. The van der Waals surface area contributed by atoms with Crippen LogP contribution in [0.2, 0.25) is 0 Å². The number of carbonyl (C=O) groups excluding carboxylic acids is 1.